The van der Waals surface area contributed by atoms with Crippen molar-refractivity contribution in [2.24, 2.45) is 4.99 Å². The number of rotatable bonds is 0. The van der Waals surface area contributed by atoms with Crippen LogP contribution in [-0.4, -0.2) is 23.9 Å². The topological polar surface area (TPSA) is 50.8 Å². The molecule has 4 heteroatoms. The molecule has 2 aromatic rings. The Kier molecular flexibility index (Phi) is 2.81. The fraction of sp³-hybridized carbons (Fsp3) is 0.235. The molecule has 0 amide bonds. The Balaban J connectivity index is 1.64. The quantitative estimate of drug-likeness (QED) is 0.754. The number of fused-ring (bicyclic) bond motifs is 2. The summed E-state index contributed by atoms with van der Waals surface area (Å²) in [6.45, 7) is 2.41. The molecule has 106 valence electrons. The number of nitrogen functional groups attached to an aromatic ring is 1. The molecule has 0 aromatic heterocycles. The molecule has 0 aliphatic carbocycles. The summed E-state index contributed by atoms with van der Waals surface area (Å²) in [4.78, 5) is 7.04. The van der Waals surface area contributed by atoms with Crippen molar-refractivity contribution >= 4 is 17.2 Å². The van der Waals surface area contributed by atoms with Crippen LogP contribution < -0.4 is 10.5 Å². The summed E-state index contributed by atoms with van der Waals surface area (Å²) in [6, 6.07) is 14.2. The number of amidine groups is 1. The van der Waals surface area contributed by atoms with Gasteiger partial charge in [0, 0.05) is 18.8 Å². The Morgan fingerprint density at radius 3 is 2.86 bits per heavy atom. The van der Waals surface area contributed by atoms with E-state index in [0.717, 1.165) is 36.8 Å². The minimum absolute atomic E-state index is 0.527. The standard InChI is InChI=1S/C17H17N3O/c18-14-5-6-16-15(9-14)19-17(11-21-16)20-8-7-12-3-1-2-4-13(12)10-20/h1-6,9H,7-8,10-11,18H2. The van der Waals surface area contributed by atoms with Crippen LogP contribution in [-0.2, 0) is 13.0 Å². The average Bonchev–Trinajstić information content (AvgIpc) is 2.53. The fourth-order valence-electron chi connectivity index (χ4n) is 2.94. The maximum absolute atomic E-state index is 5.83. The maximum atomic E-state index is 5.83. The van der Waals surface area contributed by atoms with E-state index >= 15 is 0 Å². The molecule has 21 heavy (non-hydrogen) atoms. The van der Waals surface area contributed by atoms with Crippen LogP contribution in [0.15, 0.2) is 47.5 Å². The minimum atomic E-state index is 0.527. The van der Waals surface area contributed by atoms with E-state index in [4.69, 9.17) is 15.5 Å². The third-order valence-electron chi connectivity index (χ3n) is 4.08. The van der Waals surface area contributed by atoms with Crippen LogP contribution in [0.3, 0.4) is 0 Å². The lowest BCUT2D eigenvalue weighted by Gasteiger charge is -2.33. The zero-order valence-electron chi connectivity index (χ0n) is 11.7. The lowest BCUT2D eigenvalue weighted by molar-refractivity contribution is 0.318. The molecule has 2 aliphatic rings. The summed E-state index contributed by atoms with van der Waals surface area (Å²) >= 11 is 0. The second-order valence-electron chi connectivity index (χ2n) is 5.48. The Hall–Kier alpha value is -2.49. The van der Waals surface area contributed by atoms with Gasteiger partial charge in [0.15, 0.2) is 0 Å². The number of hydrogen-bond acceptors (Lipinski definition) is 4. The molecule has 2 N–H and O–H groups in total. The average molecular weight is 279 g/mol. The van der Waals surface area contributed by atoms with Gasteiger partial charge in [-0.15, -0.1) is 0 Å². The molecule has 0 atom stereocenters. The van der Waals surface area contributed by atoms with Crippen molar-refractivity contribution < 1.29 is 4.74 Å². The van der Waals surface area contributed by atoms with Crippen LogP contribution in [0.5, 0.6) is 5.75 Å². The summed E-state index contributed by atoms with van der Waals surface area (Å²) in [7, 11) is 0. The van der Waals surface area contributed by atoms with E-state index < -0.39 is 0 Å². The third kappa shape index (κ3) is 2.23. The third-order valence-corrected chi connectivity index (χ3v) is 4.08. The van der Waals surface area contributed by atoms with E-state index in [9.17, 15) is 0 Å². The SMILES string of the molecule is Nc1ccc2c(c1)N=C(N1CCc3ccccc3C1)CO2. The van der Waals surface area contributed by atoms with E-state index in [1.54, 1.807) is 0 Å². The highest BCUT2D eigenvalue weighted by atomic mass is 16.5. The Morgan fingerprint density at radius 1 is 1.10 bits per heavy atom. The van der Waals surface area contributed by atoms with Crippen molar-refractivity contribution in [3.63, 3.8) is 0 Å². The predicted molar refractivity (Wildman–Crippen MR) is 84.0 cm³/mol. The number of anilines is 1. The smallest absolute Gasteiger partial charge is 0.146 e. The first-order valence-corrected chi connectivity index (χ1v) is 7.21. The van der Waals surface area contributed by atoms with Crippen molar-refractivity contribution in [3.05, 3.63) is 53.6 Å². The van der Waals surface area contributed by atoms with Gasteiger partial charge < -0.3 is 15.4 Å². The second-order valence-corrected chi connectivity index (χ2v) is 5.48. The highest BCUT2D eigenvalue weighted by molar-refractivity contribution is 5.89. The number of nitrogens with two attached hydrogens (primary N) is 1. The fourth-order valence-corrected chi connectivity index (χ4v) is 2.94. The molecule has 0 unspecified atom stereocenters. The van der Waals surface area contributed by atoms with Crippen LogP contribution in [0.25, 0.3) is 0 Å². The molecule has 4 nitrogen and oxygen atoms in total. The number of ether oxygens (including phenoxy) is 1. The molecule has 0 spiro atoms. The largest absolute Gasteiger partial charge is 0.483 e. The Labute approximate surface area is 123 Å². The van der Waals surface area contributed by atoms with Crippen molar-refractivity contribution in [1.82, 2.24) is 4.90 Å². The summed E-state index contributed by atoms with van der Waals surface area (Å²) in [5, 5.41) is 0. The van der Waals surface area contributed by atoms with Gasteiger partial charge in [0.2, 0.25) is 0 Å². The van der Waals surface area contributed by atoms with Crippen molar-refractivity contribution in [1.29, 1.82) is 0 Å². The number of aliphatic imine (C=N–C) groups is 1. The zero-order chi connectivity index (χ0) is 14.2. The molecule has 2 aliphatic heterocycles. The molecule has 0 saturated heterocycles. The molecule has 0 saturated carbocycles. The van der Waals surface area contributed by atoms with E-state index in [1.807, 2.05) is 18.2 Å². The van der Waals surface area contributed by atoms with Crippen LogP contribution >= 0.6 is 0 Å². The molecular weight excluding hydrogens is 262 g/mol. The number of hydrogen-bond donors (Lipinski definition) is 1. The first-order chi connectivity index (χ1) is 10.3. The van der Waals surface area contributed by atoms with Crippen molar-refractivity contribution in [2.45, 2.75) is 13.0 Å². The molecule has 0 radical (unpaired) electrons. The lowest BCUT2D eigenvalue weighted by Crippen LogP contribution is -2.39. The lowest BCUT2D eigenvalue weighted by atomic mass is 10.00. The summed E-state index contributed by atoms with van der Waals surface area (Å²) in [5.74, 6) is 1.80. The van der Waals surface area contributed by atoms with Gasteiger partial charge in [0.25, 0.3) is 0 Å². The van der Waals surface area contributed by atoms with Gasteiger partial charge in [-0.05, 0) is 35.7 Å². The summed E-state index contributed by atoms with van der Waals surface area (Å²) in [6.07, 6.45) is 1.05. The first kappa shape index (κ1) is 12.3. The molecule has 0 bridgehead atoms. The van der Waals surface area contributed by atoms with Gasteiger partial charge in [-0.25, -0.2) is 4.99 Å². The minimum Gasteiger partial charge on any atom is -0.483 e. The first-order valence-electron chi connectivity index (χ1n) is 7.21. The van der Waals surface area contributed by atoms with E-state index in [1.165, 1.54) is 11.1 Å². The highest BCUT2D eigenvalue weighted by Crippen LogP contribution is 2.33. The van der Waals surface area contributed by atoms with Gasteiger partial charge in [-0.2, -0.15) is 0 Å². The Bertz CT molecular complexity index is 724. The van der Waals surface area contributed by atoms with Gasteiger partial charge in [-0.3, -0.25) is 0 Å². The monoisotopic (exact) mass is 279 g/mol. The van der Waals surface area contributed by atoms with E-state index in [-0.39, 0.29) is 0 Å². The molecule has 4 rings (SSSR count). The van der Waals surface area contributed by atoms with Crippen LogP contribution in [0.1, 0.15) is 11.1 Å². The van der Waals surface area contributed by atoms with Gasteiger partial charge >= 0.3 is 0 Å². The normalized spacial score (nSPS) is 16.6. The van der Waals surface area contributed by atoms with Crippen LogP contribution in [0, 0.1) is 0 Å². The van der Waals surface area contributed by atoms with Crippen molar-refractivity contribution in [2.75, 3.05) is 18.9 Å². The number of nitrogens with zero attached hydrogens (tertiary/aromatic N) is 2. The zero-order valence-corrected chi connectivity index (χ0v) is 11.7. The van der Waals surface area contributed by atoms with Crippen LogP contribution in [0.2, 0.25) is 0 Å². The van der Waals surface area contributed by atoms with Gasteiger partial charge in [0.1, 0.15) is 23.9 Å². The maximum Gasteiger partial charge on any atom is 0.146 e. The van der Waals surface area contributed by atoms with Gasteiger partial charge in [0.05, 0.1) is 0 Å². The van der Waals surface area contributed by atoms with E-state index in [2.05, 4.69) is 29.2 Å². The van der Waals surface area contributed by atoms with Crippen molar-refractivity contribution in [3.8, 4) is 5.75 Å². The predicted octanol–water partition coefficient (Wildman–Crippen LogP) is 2.75. The second kappa shape index (κ2) is 4.81. The molecule has 0 fully saturated rings. The number of benzene rings is 2. The molecule has 2 heterocycles. The molecular formula is C17H17N3O. The van der Waals surface area contributed by atoms with E-state index in [0.29, 0.717) is 12.3 Å². The van der Waals surface area contributed by atoms with Gasteiger partial charge in [-0.1, -0.05) is 24.3 Å². The summed E-state index contributed by atoms with van der Waals surface area (Å²) < 4.78 is 5.80. The highest BCUT2D eigenvalue weighted by Gasteiger charge is 2.22. The Morgan fingerprint density at radius 2 is 1.95 bits per heavy atom. The van der Waals surface area contributed by atoms with Crippen LogP contribution in [0.4, 0.5) is 11.4 Å². The summed E-state index contributed by atoms with van der Waals surface area (Å²) in [5.41, 5.74) is 10.2. The molecule has 2 aromatic carbocycles.